The van der Waals surface area contributed by atoms with E-state index in [1.165, 1.54) is 19.2 Å². The lowest BCUT2D eigenvalue weighted by atomic mass is 10.1. The van der Waals surface area contributed by atoms with Gasteiger partial charge in [0.25, 0.3) is 0 Å². The summed E-state index contributed by atoms with van der Waals surface area (Å²) in [4.78, 5) is 22.8. The van der Waals surface area contributed by atoms with Gasteiger partial charge in [0.2, 0.25) is 5.91 Å². The number of carbonyl (C=O) groups is 2. The van der Waals surface area contributed by atoms with Crippen LogP contribution in [0.5, 0.6) is 5.75 Å². The molecule has 1 aromatic rings. The normalized spacial score (nSPS) is 10.0. The molecule has 0 heterocycles. The number of hydrogen-bond acceptors (Lipinski definition) is 3. The molecule has 0 radical (unpaired) electrons. The summed E-state index contributed by atoms with van der Waals surface area (Å²) >= 11 is 0. The van der Waals surface area contributed by atoms with E-state index in [0.29, 0.717) is 12.2 Å². The van der Waals surface area contributed by atoms with E-state index in [0.717, 1.165) is 19.3 Å². The summed E-state index contributed by atoms with van der Waals surface area (Å²) in [5.41, 5.74) is 0.331. The lowest BCUT2D eigenvalue weighted by Gasteiger charge is -2.10. The molecule has 0 saturated heterocycles. The summed E-state index contributed by atoms with van der Waals surface area (Å²) in [5.74, 6) is -0.746. The number of rotatable bonds is 7. The third kappa shape index (κ3) is 4.62. The summed E-state index contributed by atoms with van der Waals surface area (Å²) in [7, 11) is 1.49. The van der Waals surface area contributed by atoms with Crippen LogP contribution in [0.3, 0.4) is 0 Å². The molecule has 5 nitrogen and oxygen atoms in total. The molecule has 1 rings (SSSR count). The largest absolute Gasteiger partial charge is 0.497 e. The van der Waals surface area contributed by atoms with Crippen LogP contribution in [0.25, 0.3) is 0 Å². The van der Waals surface area contributed by atoms with Gasteiger partial charge in [-0.2, -0.15) is 0 Å². The molecule has 0 bridgehead atoms. The molecule has 0 atom stereocenters. The molecule has 0 aliphatic heterocycles. The van der Waals surface area contributed by atoms with Crippen LogP contribution in [0.15, 0.2) is 18.2 Å². The van der Waals surface area contributed by atoms with Gasteiger partial charge in [-0.15, -0.1) is 0 Å². The first-order valence-corrected chi connectivity index (χ1v) is 6.29. The Balaban J connectivity index is 2.79. The van der Waals surface area contributed by atoms with Crippen LogP contribution >= 0.6 is 0 Å². The van der Waals surface area contributed by atoms with E-state index in [4.69, 9.17) is 9.84 Å². The van der Waals surface area contributed by atoms with Gasteiger partial charge in [0, 0.05) is 12.5 Å². The molecule has 104 valence electrons. The zero-order valence-electron chi connectivity index (χ0n) is 11.2. The summed E-state index contributed by atoms with van der Waals surface area (Å²) in [6.07, 6.45) is 3.21. The van der Waals surface area contributed by atoms with Crippen molar-refractivity contribution in [2.24, 2.45) is 0 Å². The van der Waals surface area contributed by atoms with Crippen molar-refractivity contribution < 1.29 is 19.4 Å². The number of hydrogen-bond donors (Lipinski definition) is 2. The SMILES string of the molecule is CCCCCC(=O)Nc1cc(OC)ccc1C(=O)O. The van der Waals surface area contributed by atoms with Crippen molar-refractivity contribution in [2.75, 3.05) is 12.4 Å². The van der Waals surface area contributed by atoms with Gasteiger partial charge in [0.05, 0.1) is 18.4 Å². The lowest BCUT2D eigenvalue weighted by Crippen LogP contribution is -2.14. The fourth-order valence-corrected chi connectivity index (χ4v) is 1.69. The van der Waals surface area contributed by atoms with Gasteiger partial charge in [0.1, 0.15) is 5.75 Å². The summed E-state index contributed by atoms with van der Waals surface area (Å²) in [6, 6.07) is 4.49. The van der Waals surface area contributed by atoms with Crippen LogP contribution in [0, 0.1) is 0 Å². The first-order chi connectivity index (χ1) is 9.08. The number of nitrogens with one attached hydrogen (secondary N) is 1. The Bertz CT molecular complexity index is 457. The smallest absolute Gasteiger partial charge is 0.337 e. The third-order valence-electron chi connectivity index (χ3n) is 2.74. The molecule has 1 amide bonds. The van der Waals surface area contributed by atoms with E-state index in [9.17, 15) is 9.59 Å². The Morgan fingerprint density at radius 3 is 2.63 bits per heavy atom. The van der Waals surface area contributed by atoms with Crippen LogP contribution in [0.2, 0.25) is 0 Å². The molecule has 19 heavy (non-hydrogen) atoms. The average Bonchev–Trinajstić information content (AvgIpc) is 2.38. The van der Waals surface area contributed by atoms with Gasteiger partial charge in [0.15, 0.2) is 0 Å². The Kier molecular flexibility index (Phi) is 5.85. The quantitative estimate of drug-likeness (QED) is 0.743. The molecule has 1 aromatic carbocycles. The number of benzene rings is 1. The van der Waals surface area contributed by atoms with Crippen LogP contribution in [-0.4, -0.2) is 24.1 Å². The molecule has 0 saturated carbocycles. The standard InChI is InChI=1S/C14H19NO4/c1-3-4-5-6-13(16)15-12-9-10(19-2)7-8-11(12)14(17)18/h7-9H,3-6H2,1-2H3,(H,15,16)(H,17,18). The van der Waals surface area contributed by atoms with Gasteiger partial charge >= 0.3 is 5.97 Å². The number of amides is 1. The number of ether oxygens (including phenoxy) is 1. The number of carbonyl (C=O) groups excluding carboxylic acids is 1. The number of aromatic carboxylic acids is 1. The highest BCUT2D eigenvalue weighted by atomic mass is 16.5. The van der Waals surface area contributed by atoms with Crippen molar-refractivity contribution in [2.45, 2.75) is 32.6 Å². The molecule has 0 unspecified atom stereocenters. The lowest BCUT2D eigenvalue weighted by molar-refractivity contribution is -0.116. The Morgan fingerprint density at radius 2 is 2.05 bits per heavy atom. The molecule has 0 aliphatic rings. The second-order valence-corrected chi connectivity index (χ2v) is 4.22. The maximum absolute atomic E-state index is 11.7. The Labute approximate surface area is 112 Å². The molecule has 0 aromatic heterocycles. The molecule has 0 fully saturated rings. The second kappa shape index (κ2) is 7.41. The van der Waals surface area contributed by atoms with E-state index in [2.05, 4.69) is 12.2 Å². The fraction of sp³-hybridized carbons (Fsp3) is 0.429. The zero-order chi connectivity index (χ0) is 14.3. The first-order valence-electron chi connectivity index (χ1n) is 6.29. The van der Waals surface area contributed by atoms with Crippen molar-refractivity contribution in [1.29, 1.82) is 0 Å². The highest BCUT2D eigenvalue weighted by molar-refractivity contribution is 6.00. The van der Waals surface area contributed by atoms with Crippen LogP contribution in [0.1, 0.15) is 43.0 Å². The Hall–Kier alpha value is -2.04. The van der Waals surface area contributed by atoms with Gasteiger partial charge in [-0.1, -0.05) is 19.8 Å². The van der Waals surface area contributed by atoms with E-state index < -0.39 is 5.97 Å². The first kappa shape index (κ1) is 15.0. The average molecular weight is 265 g/mol. The summed E-state index contributed by atoms with van der Waals surface area (Å²) in [6.45, 7) is 2.06. The van der Waals surface area contributed by atoms with Gasteiger partial charge in [-0.3, -0.25) is 4.79 Å². The van der Waals surface area contributed by atoms with E-state index >= 15 is 0 Å². The maximum Gasteiger partial charge on any atom is 0.337 e. The highest BCUT2D eigenvalue weighted by Gasteiger charge is 2.13. The van der Waals surface area contributed by atoms with Gasteiger partial charge in [-0.05, 0) is 18.6 Å². The highest BCUT2D eigenvalue weighted by Crippen LogP contribution is 2.23. The molecule has 0 spiro atoms. The minimum atomic E-state index is -1.08. The topological polar surface area (TPSA) is 75.6 Å². The zero-order valence-corrected chi connectivity index (χ0v) is 11.2. The molecular weight excluding hydrogens is 246 g/mol. The van der Waals surface area contributed by atoms with Gasteiger partial charge < -0.3 is 15.2 Å². The Morgan fingerprint density at radius 1 is 1.32 bits per heavy atom. The van der Waals surface area contributed by atoms with Crippen molar-refractivity contribution in [1.82, 2.24) is 0 Å². The maximum atomic E-state index is 11.7. The van der Waals surface area contributed by atoms with E-state index in [1.807, 2.05) is 0 Å². The minimum Gasteiger partial charge on any atom is -0.497 e. The third-order valence-corrected chi connectivity index (χ3v) is 2.74. The predicted molar refractivity (Wildman–Crippen MR) is 72.7 cm³/mol. The van der Waals surface area contributed by atoms with E-state index in [-0.39, 0.29) is 17.2 Å². The van der Waals surface area contributed by atoms with Crippen LogP contribution in [-0.2, 0) is 4.79 Å². The monoisotopic (exact) mass is 265 g/mol. The van der Waals surface area contributed by atoms with Crippen molar-refractivity contribution in [3.8, 4) is 5.75 Å². The van der Waals surface area contributed by atoms with Crippen LogP contribution < -0.4 is 10.1 Å². The molecule has 0 aliphatic carbocycles. The molecular formula is C14H19NO4. The number of carboxylic acid groups (broad SMARTS) is 1. The number of unbranched alkanes of at least 4 members (excludes halogenated alkanes) is 2. The van der Waals surface area contributed by atoms with Gasteiger partial charge in [-0.25, -0.2) is 4.79 Å². The summed E-state index contributed by atoms with van der Waals surface area (Å²) < 4.78 is 5.03. The number of methoxy groups -OCH3 is 1. The molecule has 5 heteroatoms. The van der Waals surface area contributed by atoms with Crippen molar-refractivity contribution >= 4 is 17.6 Å². The fourth-order valence-electron chi connectivity index (χ4n) is 1.69. The van der Waals surface area contributed by atoms with E-state index in [1.54, 1.807) is 6.07 Å². The second-order valence-electron chi connectivity index (χ2n) is 4.22. The van der Waals surface area contributed by atoms with Crippen molar-refractivity contribution in [3.05, 3.63) is 23.8 Å². The summed E-state index contributed by atoms with van der Waals surface area (Å²) in [5, 5.41) is 11.7. The predicted octanol–water partition coefficient (Wildman–Crippen LogP) is 2.91. The minimum absolute atomic E-state index is 0.0599. The van der Waals surface area contributed by atoms with Crippen LogP contribution in [0.4, 0.5) is 5.69 Å². The van der Waals surface area contributed by atoms with Crippen molar-refractivity contribution in [3.63, 3.8) is 0 Å². The number of carboxylic acids is 1. The molecule has 2 N–H and O–H groups in total. The number of anilines is 1.